The van der Waals surface area contributed by atoms with E-state index < -0.39 is 29.7 Å². The molecule has 340 valence electrons. The van der Waals surface area contributed by atoms with E-state index in [0.29, 0.717) is 64.0 Å². The lowest BCUT2D eigenvalue weighted by Gasteiger charge is -2.12. The minimum Gasteiger partial charge on any atom is -0.494 e. The molecule has 0 saturated carbocycles. The second-order valence-corrected chi connectivity index (χ2v) is 14.6. The fourth-order valence-electron chi connectivity index (χ4n) is 5.75. The Kier molecular flexibility index (Phi) is 31.5. The summed E-state index contributed by atoms with van der Waals surface area (Å²) in [5, 5.41) is 32.8. The van der Waals surface area contributed by atoms with Gasteiger partial charge in [0.25, 0.3) is 0 Å². The third kappa shape index (κ3) is 30.6. The topological polar surface area (TPSA) is 250 Å². The molecule has 0 unspecified atom stereocenters. The van der Waals surface area contributed by atoms with Gasteiger partial charge in [0.1, 0.15) is 24.7 Å². The van der Waals surface area contributed by atoms with Crippen LogP contribution >= 0.6 is 0 Å². The van der Waals surface area contributed by atoms with Gasteiger partial charge in [-0.05, 0) is 62.8 Å². The largest absolute Gasteiger partial charge is 0.494 e. The van der Waals surface area contributed by atoms with Gasteiger partial charge in [-0.3, -0.25) is 28.8 Å². The van der Waals surface area contributed by atoms with E-state index in [1.165, 1.54) is 12.1 Å². The summed E-state index contributed by atoms with van der Waals surface area (Å²) >= 11 is 0. The van der Waals surface area contributed by atoms with Crippen LogP contribution < -0.4 is 15.4 Å². The van der Waals surface area contributed by atoms with Crippen LogP contribution in [0, 0.1) is 11.8 Å². The molecular weight excluding hydrogens is 784 g/mol. The summed E-state index contributed by atoms with van der Waals surface area (Å²) in [7, 11) is 0. The number of rotatable bonds is 41. The fourth-order valence-corrected chi connectivity index (χ4v) is 5.75. The summed E-state index contributed by atoms with van der Waals surface area (Å²) in [6, 6.07) is 6.31. The highest BCUT2D eigenvalue weighted by molar-refractivity contribution is 5.87. The molecule has 2 atom stereocenters. The number of nitrogens with one attached hydrogen (secondary N) is 2. The maximum Gasteiger partial charge on any atom is 0.335 e. The molecule has 0 aliphatic rings. The van der Waals surface area contributed by atoms with Gasteiger partial charge in [0.2, 0.25) is 11.8 Å². The second kappa shape index (κ2) is 35.3. The highest BCUT2D eigenvalue weighted by Gasteiger charge is 2.22. The Morgan fingerprint density at radius 2 is 1.13 bits per heavy atom. The van der Waals surface area contributed by atoms with Crippen LogP contribution in [0.2, 0.25) is 0 Å². The van der Waals surface area contributed by atoms with Crippen molar-refractivity contribution < 1.29 is 72.6 Å². The lowest BCUT2D eigenvalue weighted by molar-refractivity contribution is -0.144. The van der Waals surface area contributed by atoms with Crippen molar-refractivity contribution in [3.8, 4) is 5.75 Å². The molecule has 17 nitrogen and oxygen atoms in total. The predicted molar refractivity (Wildman–Crippen MR) is 220 cm³/mol. The van der Waals surface area contributed by atoms with Crippen molar-refractivity contribution >= 4 is 41.3 Å². The molecule has 0 spiro atoms. The van der Waals surface area contributed by atoms with E-state index in [-0.39, 0.29) is 107 Å². The average molecular weight is 853 g/mol. The Hall–Kier alpha value is -4.45. The van der Waals surface area contributed by atoms with Crippen LogP contribution in [-0.4, -0.2) is 129 Å². The normalized spacial score (nSPS) is 12.0. The summed E-state index contributed by atoms with van der Waals surface area (Å²) in [5.74, 6) is -4.32. The molecule has 1 aromatic carbocycles. The lowest BCUT2D eigenvalue weighted by atomic mass is 9.94. The van der Waals surface area contributed by atoms with E-state index in [1.807, 2.05) is 0 Å². The molecule has 5 N–H and O–H groups in total. The standard InChI is InChI=1S/C43H68N2O15/c1-33(41(50)51)12-8-9-21-44-40(49)32-59-29-26-56-23-11-14-37(47)31-58-28-27-57-25-22-45-39(48)20-17-35(43(54)55)30-36(46)13-7-5-3-2-4-6-10-24-60-38-18-15-34(16-19-38)42(52)53/h15-16,18-19,33,35H,2-14,17,20-32H2,1H3,(H,44,49)(H,45,48)(H,50,51)(H,52,53)(H,54,55)/t33-,35+/m0/s1. The third-order valence-electron chi connectivity index (χ3n) is 9.37. The van der Waals surface area contributed by atoms with Crippen LogP contribution in [0.5, 0.6) is 5.75 Å². The molecule has 0 aromatic heterocycles. The number of carbonyl (C=O) groups excluding carboxylic acids is 4. The minimum atomic E-state index is -1.09. The fraction of sp³-hybridized carbons (Fsp3) is 0.698. The number of Topliss-reactive ketones (excluding diaryl/α,β-unsaturated/α-hetero) is 2. The van der Waals surface area contributed by atoms with E-state index >= 15 is 0 Å². The first-order valence-corrected chi connectivity index (χ1v) is 21.2. The van der Waals surface area contributed by atoms with E-state index in [2.05, 4.69) is 10.6 Å². The van der Waals surface area contributed by atoms with Crippen molar-refractivity contribution in [2.45, 2.75) is 110 Å². The van der Waals surface area contributed by atoms with Crippen LogP contribution in [0.25, 0.3) is 0 Å². The number of aromatic carboxylic acids is 1. The number of carboxylic acid groups (broad SMARTS) is 3. The molecule has 0 aliphatic carbocycles. The van der Waals surface area contributed by atoms with Gasteiger partial charge in [-0.1, -0.05) is 45.4 Å². The number of amides is 2. The van der Waals surface area contributed by atoms with Gasteiger partial charge in [0.05, 0.1) is 57.0 Å². The van der Waals surface area contributed by atoms with Crippen molar-refractivity contribution in [1.29, 1.82) is 0 Å². The smallest absolute Gasteiger partial charge is 0.335 e. The summed E-state index contributed by atoms with van der Waals surface area (Å²) in [5.41, 5.74) is 0.218. The molecule has 2 amide bonds. The van der Waals surface area contributed by atoms with Gasteiger partial charge in [-0.15, -0.1) is 0 Å². The molecule has 0 fully saturated rings. The summed E-state index contributed by atoms with van der Waals surface area (Å²) in [6.07, 6.45) is 9.57. The maximum absolute atomic E-state index is 12.4. The van der Waals surface area contributed by atoms with Crippen molar-refractivity contribution in [2.75, 3.05) is 72.6 Å². The Morgan fingerprint density at radius 1 is 0.533 bits per heavy atom. The Balaban J connectivity index is 1.93. The zero-order valence-corrected chi connectivity index (χ0v) is 35.3. The molecule has 1 rings (SSSR count). The van der Waals surface area contributed by atoms with Gasteiger partial charge < -0.3 is 49.6 Å². The molecular formula is C43H68N2O15. The number of carbonyl (C=O) groups is 7. The van der Waals surface area contributed by atoms with Gasteiger partial charge >= 0.3 is 17.9 Å². The minimum absolute atomic E-state index is 0.0183. The number of aliphatic carboxylic acids is 2. The average Bonchev–Trinajstić information content (AvgIpc) is 3.21. The summed E-state index contributed by atoms with van der Waals surface area (Å²) in [4.78, 5) is 81.8. The van der Waals surface area contributed by atoms with Crippen LogP contribution in [-0.2, 0) is 47.7 Å². The summed E-state index contributed by atoms with van der Waals surface area (Å²) in [6.45, 7) is 4.28. The van der Waals surface area contributed by atoms with Gasteiger partial charge in [-0.2, -0.15) is 0 Å². The van der Waals surface area contributed by atoms with Gasteiger partial charge in [-0.25, -0.2) is 4.79 Å². The van der Waals surface area contributed by atoms with E-state index in [9.17, 15) is 38.7 Å². The number of carboxylic acids is 3. The molecule has 1 aromatic rings. The summed E-state index contributed by atoms with van der Waals surface area (Å²) < 4.78 is 27.1. The highest BCUT2D eigenvalue weighted by atomic mass is 16.5. The third-order valence-corrected chi connectivity index (χ3v) is 9.37. The Labute approximate surface area is 353 Å². The number of ether oxygens (including phenoxy) is 5. The second-order valence-electron chi connectivity index (χ2n) is 14.6. The Bertz CT molecular complexity index is 1390. The van der Waals surface area contributed by atoms with Crippen LogP contribution in [0.1, 0.15) is 120 Å². The maximum atomic E-state index is 12.4. The molecule has 0 aliphatic heterocycles. The molecule has 0 radical (unpaired) electrons. The number of ketones is 2. The van der Waals surface area contributed by atoms with Crippen LogP contribution in [0.4, 0.5) is 0 Å². The van der Waals surface area contributed by atoms with E-state index in [4.69, 9.17) is 33.9 Å². The Morgan fingerprint density at radius 3 is 1.80 bits per heavy atom. The van der Waals surface area contributed by atoms with Crippen molar-refractivity contribution in [3.05, 3.63) is 29.8 Å². The molecule has 0 bridgehead atoms. The highest BCUT2D eigenvalue weighted by Crippen LogP contribution is 2.17. The number of hydrogen-bond acceptors (Lipinski definition) is 12. The zero-order valence-electron chi connectivity index (χ0n) is 35.3. The van der Waals surface area contributed by atoms with Gasteiger partial charge in [0, 0.05) is 45.4 Å². The number of unbranched alkanes of at least 4 members (excludes halogenated alkanes) is 7. The molecule has 0 heterocycles. The van der Waals surface area contributed by atoms with E-state index in [0.717, 1.165) is 38.5 Å². The lowest BCUT2D eigenvalue weighted by Crippen LogP contribution is -2.29. The molecule has 60 heavy (non-hydrogen) atoms. The molecule has 17 heteroatoms. The van der Waals surface area contributed by atoms with Crippen molar-refractivity contribution in [1.82, 2.24) is 10.6 Å². The van der Waals surface area contributed by atoms with Crippen LogP contribution in [0.15, 0.2) is 24.3 Å². The number of benzene rings is 1. The first-order chi connectivity index (χ1) is 28.9. The predicted octanol–water partition coefficient (Wildman–Crippen LogP) is 4.86. The zero-order chi connectivity index (χ0) is 44.2. The molecule has 0 saturated heterocycles. The van der Waals surface area contributed by atoms with Crippen molar-refractivity contribution in [3.63, 3.8) is 0 Å². The van der Waals surface area contributed by atoms with Crippen molar-refractivity contribution in [2.24, 2.45) is 11.8 Å². The van der Waals surface area contributed by atoms with Crippen LogP contribution in [0.3, 0.4) is 0 Å². The quantitative estimate of drug-likeness (QED) is 0.0552. The first-order valence-electron chi connectivity index (χ1n) is 21.2. The van der Waals surface area contributed by atoms with Gasteiger partial charge in [0.15, 0.2) is 5.78 Å². The number of hydrogen-bond donors (Lipinski definition) is 5. The monoisotopic (exact) mass is 852 g/mol. The van der Waals surface area contributed by atoms with E-state index in [1.54, 1.807) is 19.1 Å². The SMILES string of the molecule is C[C@@H](CCCCNC(=O)COCCOCCCC(=O)COCCOCCNC(=O)CC[C@H](CC(=O)CCCCCCCCCOc1ccc(C(=O)O)cc1)C(=O)O)C(=O)O. The first kappa shape index (κ1) is 53.6.